The summed E-state index contributed by atoms with van der Waals surface area (Å²) in [5.74, 6) is 0.355. The minimum absolute atomic E-state index is 0.148. The lowest BCUT2D eigenvalue weighted by molar-refractivity contribution is -0.144. The number of para-hydroxylation sites is 1. The number of carbonyl (C=O) groups is 1. The Bertz CT molecular complexity index is 516. The monoisotopic (exact) mass is 286 g/mol. The molecule has 2 fully saturated rings. The van der Waals surface area contributed by atoms with Crippen molar-refractivity contribution in [1.29, 1.82) is 0 Å². The van der Waals surface area contributed by atoms with E-state index in [1.165, 1.54) is 19.3 Å². The lowest BCUT2D eigenvalue weighted by Gasteiger charge is -2.37. The van der Waals surface area contributed by atoms with Crippen LogP contribution in [-0.2, 0) is 11.3 Å². The highest BCUT2D eigenvalue weighted by Gasteiger charge is 2.42. The highest BCUT2D eigenvalue weighted by Crippen LogP contribution is 2.41. The molecule has 2 saturated carbocycles. The third kappa shape index (κ3) is 3.07. The average Bonchev–Trinajstić information content (AvgIpc) is 3.31. The summed E-state index contributed by atoms with van der Waals surface area (Å²) in [6.07, 6.45) is 8.03. The van der Waals surface area contributed by atoms with Gasteiger partial charge in [0.05, 0.1) is 0 Å². The molecule has 0 atom stereocenters. The Kier molecular flexibility index (Phi) is 3.92. The van der Waals surface area contributed by atoms with Crippen LogP contribution in [0.5, 0.6) is 0 Å². The minimum atomic E-state index is -0.148. The zero-order valence-corrected chi connectivity index (χ0v) is 13.0. The first kappa shape index (κ1) is 14.4. The Morgan fingerprint density at radius 2 is 1.90 bits per heavy atom. The topological polar surface area (TPSA) is 46.3 Å². The van der Waals surface area contributed by atoms with Gasteiger partial charge in [-0.05, 0) is 37.3 Å². The molecule has 0 heterocycles. The van der Waals surface area contributed by atoms with Gasteiger partial charge in [0.15, 0.2) is 0 Å². The fourth-order valence-corrected chi connectivity index (χ4v) is 3.51. The molecule has 3 heteroatoms. The molecule has 21 heavy (non-hydrogen) atoms. The normalized spacial score (nSPS) is 21.0. The van der Waals surface area contributed by atoms with E-state index < -0.39 is 0 Å². The Hall–Kier alpha value is -1.51. The maximum absolute atomic E-state index is 13.1. The van der Waals surface area contributed by atoms with Gasteiger partial charge >= 0.3 is 0 Å². The zero-order valence-electron chi connectivity index (χ0n) is 13.0. The van der Waals surface area contributed by atoms with E-state index in [0.29, 0.717) is 18.5 Å². The van der Waals surface area contributed by atoms with Crippen LogP contribution in [-0.4, -0.2) is 16.8 Å². The quantitative estimate of drug-likeness (QED) is 0.857. The number of rotatable bonds is 4. The predicted octanol–water partition coefficient (Wildman–Crippen LogP) is 3.73. The number of benzene rings is 1. The van der Waals surface area contributed by atoms with Crippen molar-refractivity contribution in [2.75, 3.05) is 5.73 Å². The zero-order chi connectivity index (χ0) is 14.9. The Morgan fingerprint density at radius 1 is 1.24 bits per heavy atom. The standard InChI is InChI=1S/C18H26N2O/c1-18(11-5-2-6-12-18)17(21)20(15-9-10-15)13-14-7-3-4-8-16(14)19/h3-4,7-8,15H,2,5-6,9-13,19H2,1H3. The summed E-state index contributed by atoms with van der Waals surface area (Å²) in [4.78, 5) is 15.2. The van der Waals surface area contributed by atoms with E-state index in [4.69, 9.17) is 5.73 Å². The fraction of sp³-hybridized carbons (Fsp3) is 0.611. The fourth-order valence-electron chi connectivity index (χ4n) is 3.51. The van der Waals surface area contributed by atoms with Crippen LogP contribution >= 0.6 is 0 Å². The van der Waals surface area contributed by atoms with Gasteiger partial charge in [-0.25, -0.2) is 0 Å². The molecule has 0 saturated heterocycles. The maximum Gasteiger partial charge on any atom is 0.229 e. The minimum Gasteiger partial charge on any atom is -0.398 e. The van der Waals surface area contributed by atoms with Crippen LogP contribution in [0.4, 0.5) is 5.69 Å². The smallest absolute Gasteiger partial charge is 0.229 e. The van der Waals surface area contributed by atoms with E-state index >= 15 is 0 Å². The van der Waals surface area contributed by atoms with Gasteiger partial charge in [0.1, 0.15) is 0 Å². The molecule has 114 valence electrons. The third-order valence-corrected chi connectivity index (χ3v) is 5.12. The number of amides is 1. The summed E-state index contributed by atoms with van der Waals surface area (Å²) >= 11 is 0. The van der Waals surface area contributed by atoms with Crippen molar-refractivity contribution in [2.45, 2.75) is 64.5 Å². The van der Waals surface area contributed by atoms with Gasteiger partial charge in [0, 0.05) is 23.7 Å². The summed E-state index contributed by atoms with van der Waals surface area (Å²) < 4.78 is 0. The molecule has 2 aliphatic carbocycles. The molecule has 2 aliphatic rings. The van der Waals surface area contributed by atoms with Crippen LogP contribution in [0.1, 0.15) is 57.4 Å². The van der Waals surface area contributed by atoms with Crippen molar-refractivity contribution in [3.8, 4) is 0 Å². The summed E-state index contributed by atoms with van der Waals surface area (Å²) in [6.45, 7) is 2.84. The second-order valence-electron chi connectivity index (χ2n) is 6.98. The molecule has 0 bridgehead atoms. The lowest BCUT2D eigenvalue weighted by atomic mass is 9.74. The van der Waals surface area contributed by atoms with E-state index in [1.807, 2.05) is 24.3 Å². The van der Waals surface area contributed by atoms with Gasteiger partial charge in [0.2, 0.25) is 5.91 Å². The van der Waals surface area contributed by atoms with Crippen LogP contribution < -0.4 is 5.73 Å². The molecule has 0 aromatic heterocycles. The van der Waals surface area contributed by atoms with E-state index in [0.717, 1.165) is 36.9 Å². The highest BCUT2D eigenvalue weighted by atomic mass is 16.2. The summed E-state index contributed by atoms with van der Waals surface area (Å²) in [5.41, 5.74) is 7.79. The third-order valence-electron chi connectivity index (χ3n) is 5.12. The second kappa shape index (κ2) is 5.70. The molecule has 0 aliphatic heterocycles. The van der Waals surface area contributed by atoms with Crippen LogP contribution in [0.2, 0.25) is 0 Å². The molecule has 0 spiro atoms. The molecule has 3 rings (SSSR count). The summed E-state index contributed by atoms with van der Waals surface area (Å²) in [6, 6.07) is 8.36. The first-order valence-corrected chi connectivity index (χ1v) is 8.25. The molecule has 0 unspecified atom stereocenters. The predicted molar refractivity (Wildman–Crippen MR) is 85.6 cm³/mol. The van der Waals surface area contributed by atoms with Gasteiger partial charge in [0.25, 0.3) is 0 Å². The number of carbonyl (C=O) groups excluding carboxylic acids is 1. The molecule has 1 amide bonds. The second-order valence-corrected chi connectivity index (χ2v) is 6.98. The number of nitrogens with zero attached hydrogens (tertiary/aromatic N) is 1. The van der Waals surface area contributed by atoms with Gasteiger partial charge in [-0.3, -0.25) is 4.79 Å². The van der Waals surface area contributed by atoms with Crippen molar-refractivity contribution in [3.05, 3.63) is 29.8 Å². The van der Waals surface area contributed by atoms with Gasteiger partial charge in [-0.15, -0.1) is 0 Å². The van der Waals surface area contributed by atoms with E-state index in [9.17, 15) is 4.79 Å². The van der Waals surface area contributed by atoms with Gasteiger partial charge in [-0.1, -0.05) is 44.4 Å². The van der Waals surface area contributed by atoms with E-state index in [-0.39, 0.29) is 5.41 Å². The average molecular weight is 286 g/mol. The number of nitrogens with two attached hydrogens (primary N) is 1. The van der Waals surface area contributed by atoms with Crippen molar-refractivity contribution < 1.29 is 4.79 Å². The van der Waals surface area contributed by atoms with Crippen molar-refractivity contribution in [2.24, 2.45) is 5.41 Å². The van der Waals surface area contributed by atoms with Gasteiger partial charge < -0.3 is 10.6 Å². The van der Waals surface area contributed by atoms with Crippen LogP contribution in [0.3, 0.4) is 0 Å². The molecular formula is C18H26N2O. The number of hydrogen-bond acceptors (Lipinski definition) is 2. The Balaban J connectivity index is 1.78. The molecule has 2 N–H and O–H groups in total. The van der Waals surface area contributed by atoms with Crippen LogP contribution in [0.25, 0.3) is 0 Å². The van der Waals surface area contributed by atoms with E-state index in [2.05, 4.69) is 11.8 Å². The van der Waals surface area contributed by atoms with Crippen molar-refractivity contribution in [1.82, 2.24) is 4.90 Å². The SMILES string of the molecule is CC1(C(=O)N(Cc2ccccc2N)C2CC2)CCCCC1. The highest BCUT2D eigenvalue weighted by molar-refractivity contribution is 5.83. The molecule has 1 aromatic rings. The Morgan fingerprint density at radius 3 is 2.52 bits per heavy atom. The molecule has 1 aromatic carbocycles. The van der Waals surface area contributed by atoms with E-state index in [1.54, 1.807) is 0 Å². The number of anilines is 1. The first-order chi connectivity index (χ1) is 10.1. The largest absolute Gasteiger partial charge is 0.398 e. The molecular weight excluding hydrogens is 260 g/mol. The van der Waals surface area contributed by atoms with Gasteiger partial charge in [-0.2, -0.15) is 0 Å². The summed E-state index contributed by atoms with van der Waals surface area (Å²) in [7, 11) is 0. The Labute approximate surface area is 127 Å². The lowest BCUT2D eigenvalue weighted by Crippen LogP contribution is -2.44. The van der Waals surface area contributed by atoms with Crippen molar-refractivity contribution in [3.63, 3.8) is 0 Å². The number of hydrogen-bond donors (Lipinski definition) is 1. The van der Waals surface area contributed by atoms with Crippen molar-refractivity contribution >= 4 is 11.6 Å². The maximum atomic E-state index is 13.1. The van der Waals surface area contributed by atoms with Crippen LogP contribution in [0.15, 0.2) is 24.3 Å². The number of nitrogen functional groups attached to an aromatic ring is 1. The van der Waals surface area contributed by atoms with Crippen LogP contribution in [0, 0.1) is 5.41 Å². The molecule has 0 radical (unpaired) electrons. The summed E-state index contributed by atoms with van der Waals surface area (Å²) in [5, 5.41) is 0. The first-order valence-electron chi connectivity index (χ1n) is 8.25. The molecule has 3 nitrogen and oxygen atoms in total.